The van der Waals surface area contributed by atoms with Crippen LogP contribution in [-0.2, 0) is 5.75 Å². The minimum atomic E-state index is -0.298. The lowest BCUT2D eigenvalue weighted by Crippen LogP contribution is -2.00. The second kappa shape index (κ2) is 8.76. The number of halogens is 1. The third-order valence-corrected chi connectivity index (χ3v) is 5.85. The molecular weight excluding hydrogens is 425 g/mol. The van der Waals surface area contributed by atoms with E-state index in [1.165, 1.54) is 23.9 Å². The van der Waals surface area contributed by atoms with Crippen LogP contribution in [0.2, 0.25) is 0 Å². The number of thioether (sulfide) groups is 1. The van der Waals surface area contributed by atoms with Crippen LogP contribution in [0.25, 0.3) is 28.5 Å². The van der Waals surface area contributed by atoms with Gasteiger partial charge in [-0.1, -0.05) is 30.0 Å². The molecule has 32 heavy (non-hydrogen) atoms. The van der Waals surface area contributed by atoms with E-state index in [2.05, 4.69) is 20.2 Å². The molecule has 2 aromatic carbocycles. The van der Waals surface area contributed by atoms with Gasteiger partial charge in [0.2, 0.25) is 5.89 Å². The number of pyridine rings is 1. The zero-order valence-electron chi connectivity index (χ0n) is 17.1. The zero-order valence-corrected chi connectivity index (χ0v) is 18.0. The molecule has 5 rings (SSSR count). The fourth-order valence-electron chi connectivity index (χ4n) is 3.27. The number of hydrogen-bond donors (Lipinski definition) is 0. The van der Waals surface area contributed by atoms with Gasteiger partial charge in [0.25, 0.3) is 0 Å². The molecule has 0 amide bonds. The van der Waals surface area contributed by atoms with Gasteiger partial charge in [-0.05, 0) is 55.5 Å². The molecule has 0 unspecified atom stereocenters. The summed E-state index contributed by atoms with van der Waals surface area (Å²) in [7, 11) is 0. The Morgan fingerprint density at radius 1 is 0.906 bits per heavy atom. The van der Waals surface area contributed by atoms with Gasteiger partial charge in [0.05, 0.1) is 5.69 Å². The van der Waals surface area contributed by atoms with E-state index < -0.39 is 0 Å². The van der Waals surface area contributed by atoms with Gasteiger partial charge in [0.15, 0.2) is 11.0 Å². The summed E-state index contributed by atoms with van der Waals surface area (Å²) in [6.07, 6.45) is 3.41. The van der Waals surface area contributed by atoms with Crippen molar-refractivity contribution in [3.05, 3.63) is 96.4 Å². The minimum Gasteiger partial charge on any atom is -0.441 e. The highest BCUT2D eigenvalue weighted by Crippen LogP contribution is 2.31. The van der Waals surface area contributed by atoms with Crippen molar-refractivity contribution in [1.82, 2.24) is 24.7 Å². The van der Waals surface area contributed by atoms with Crippen molar-refractivity contribution >= 4 is 11.8 Å². The van der Waals surface area contributed by atoms with Crippen LogP contribution in [0.15, 0.2) is 88.7 Å². The van der Waals surface area contributed by atoms with Gasteiger partial charge in [-0.15, -0.1) is 10.2 Å². The molecule has 3 aromatic heterocycles. The van der Waals surface area contributed by atoms with Crippen LogP contribution in [0.4, 0.5) is 4.39 Å². The predicted molar refractivity (Wildman–Crippen MR) is 121 cm³/mol. The van der Waals surface area contributed by atoms with Crippen LogP contribution in [0.3, 0.4) is 0 Å². The van der Waals surface area contributed by atoms with Gasteiger partial charge in [-0.25, -0.2) is 9.37 Å². The Morgan fingerprint density at radius 2 is 1.66 bits per heavy atom. The lowest BCUT2D eigenvalue weighted by molar-refractivity contribution is 0.540. The van der Waals surface area contributed by atoms with Crippen molar-refractivity contribution < 1.29 is 8.81 Å². The van der Waals surface area contributed by atoms with Crippen LogP contribution in [0, 0.1) is 12.7 Å². The molecular formula is C24H18FN5OS. The highest BCUT2D eigenvalue weighted by atomic mass is 32.2. The zero-order chi connectivity index (χ0) is 21.9. The first-order valence-corrected chi connectivity index (χ1v) is 10.9. The third kappa shape index (κ3) is 4.04. The summed E-state index contributed by atoms with van der Waals surface area (Å²) in [5.74, 6) is 2.27. The topological polar surface area (TPSA) is 69.6 Å². The quantitative estimate of drug-likeness (QED) is 0.313. The molecule has 0 saturated heterocycles. The van der Waals surface area contributed by atoms with Gasteiger partial charge < -0.3 is 4.42 Å². The van der Waals surface area contributed by atoms with E-state index in [1.54, 1.807) is 24.5 Å². The summed E-state index contributed by atoms with van der Waals surface area (Å²) in [6.45, 7) is 1.91. The SMILES string of the molecule is Cc1oc(-c2ccccc2)nc1CSc1nnc(-c2ccncc2)n1-c1ccc(F)cc1. The lowest BCUT2D eigenvalue weighted by atomic mass is 10.2. The molecule has 6 nitrogen and oxygen atoms in total. The molecule has 158 valence electrons. The van der Waals surface area contributed by atoms with E-state index >= 15 is 0 Å². The number of nitrogens with zero attached hydrogens (tertiary/aromatic N) is 5. The first kappa shape index (κ1) is 20.1. The molecule has 5 aromatic rings. The first-order chi connectivity index (χ1) is 15.7. The monoisotopic (exact) mass is 443 g/mol. The Morgan fingerprint density at radius 3 is 2.41 bits per heavy atom. The molecule has 0 saturated carbocycles. The Balaban J connectivity index is 1.47. The first-order valence-electron chi connectivity index (χ1n) is 9.95. The normalized spacial score (nSPS) is 11.1. The average Bonchev–Trinajstić information content (AvgIpc) is 3.43. The number of aromatic nitrogens is 5. The summed E-state index contributed by atoms with van der Waals surface area (Å²) in [6, 6.07) is 19.8. The van der Waals surface area contributed by atoms with Crippen molar-refractivity contribution in [2.24, 2.45) is 0 Å². The van der Waals surface area contributed by atoms with Gasteiger partial charge in [0, 0.05) is 35.0 Å². The van der Waals surface area contributed by atoms with Crippen molar-refractivity contribution in [3.8, 4) is 28.5 Å². The van der Waals surface area contributed by atoms with Crippen molar-refractivity contribution in [1.29, 1.82) is 0 Å². The van der Waals surface area contributed by atoms with Gasteiger partial charge >= 0.3 is 0 Å². The molecule has 0 spiro atoms. The van der Waals surface area contributed by atoms with Crippen LogP contribution in [0.1, 0.15) is 11.5 Å². The van der Waals surface area contributed by atoms with E-state index in [-0.39, 0.29) is 5.82 Å². The van der Waals surface area contributed by atoms with Crippen molar-refractivity contribution in [2.75, 3.05) is 0 Å². The maximum absolute atomic E-state index is 13.5. The van der Waals surface area contributed by atoms with Gasteiger partial charge in [-0.2, -0.15) is 0 Å². The van der Waals surface area contributed by atoms with Crippen LogP contribution in [-0.4, -0.2) is 24.7 Å². The molecule has 0 atom stereocenters. The van der Waals surface area contributed by atoms with Crippen LogP contribution >= 0.6 is 11.8 Å². The Hall–Kier alpha value is -3.78. The Bertz CT molecular complexity index is 1330. The summed E-state index contributed by atoms with van der Waals surface area (Å²) in [5, 5.41) is 9.48. The maximum Gasteiger partial charge on any atom is 0.226 e. The molecule has 0 radical (unpaired) electrons. The summed E-state index contributed by atoms with van der Waals surface area (Å²) >= 11 is 1.49. The summed E-state index contributed by atoms with van der Waals surface area (Å²) in [4.78, 5) is 8.75. The number of aryl methyl sites for hydroxylation is 1. The fraction of sp³-hybridized carbons (Fsp3) is 0.0833. The van der Waals surface area contributed by atoms with Crippen molar-refractivity contribution in [3.63, 3.8) is 0 Å². The second-order valence-electron chi connectivity index (χ2n) is 7.03. The van der Waals surface area contributed by atoms with Gasteiger partial charge in [-0.3, -0.25) is 9.55 Å². The molecule has 0 fully saturated rings. The largest absolute Gasteiger partial charge is 0.441 e. The van der Waals surface area contributed by atoms with E-state index in [0.29, 0.717) is 22.6 Å². The molecule has 0 aliphatic carbocycles. The van der Waals surface area contributed by atoms with Gasteiger partial charge in [0.1, 0.15) is 11.6 Å². The molecule has 0 bridgehead atoms. The maximum atomic E-state index is 13.5. The van der Waals surface area contributed by atoms with E-state index in [0.717, 1.165) is 28.3 Å². The standard InChI is InChI=1S/C24H18FN5OS/c1-16-21(27-23(31-16)18-5-3-2-4-6-18)15-32-24-29-28-22(17-11-13-26-14-12-17)30(24)20-9-7-19(25)8-10-20/h2-14H,15H2,1H3. The number of hydrogen-bond acceptors (Lipinski definition) is 6. The predicted octanol–water partition coefficient (Wildman–Crippen LogP) is 5.72. The molecule has 8 heteroatoms. The highest BCUT2D eigenvalue weighted by molar-refractivity contribution is 7.98. The van der Waals surface area contributed by atoms with E-state index in [4.69, 9.17) is 4.42 Å². The fourth-order valence-corrected chi connectivity index (χ4v) is 4.23. The van der Waals surface area contributed by atoms with E-state index in [9.17, 15) is 4.39 Å². The Kier molecular flexibility index (Phi) is 5.51. The molecule has 0 N–H and O–H groups in total. The smallest absolute Gasteiger partial charge is 0.226 e. The van der Waals surface area contributed by atoms with Crippen LogP contribution in [0.5, 0.6) is 0 Å². The number of benzene rings is 2. The lowest BCUT2D eigenvalue weighted by Gasteiger charge is -2.10. The second-order valence-corrected chi connectivity index (χ2v) is 7.97. The Labute approximate surface area is 188 Å². The molecule has 0 aliphatic rings. The third-order valence-electron chi connectivity index (χ3n) is 4.91. The molecule has 0 aliphatic heterocycles. The van der Waals surface area contributed by atoms with Crippen molar-refractivity contribution in [2.45, 2.75) is 17.8 Å². The number of oxazole rings is 1. The summed E-state index contributed by atoms with van der Waals surface area (Å²) in [5.41, 5.74) is 3.41. The van der Waals surface area contributed by atoms with E-state index in [1.807, 2.05) is 54.0 Å². The summed E-state index contributed by atoms with van der Waals surface area (Å²) < 4.78 is 21.3. The average molecular weight is 444 g/mol. The number of rotatable bonds is 6. The highest BCUT2D eigenvalue weighted by Gasteiger charge is 2.18. The van der Waals surface area contributed by atoms with Crippen LogP contribution < -0.4 is 0 Å². The minimum absolute atomic E-state index is 0.298. The molecule has 3 heterocycles.